The highest BCUT2D eigenvalue weighted by Crippen LogP contribution is 2.26. The van der Waals surface area contributed by atoms with E-state index in [1.54, 1.807) is 12.1 Å². The Morgan fingerprint density at radius 2 is 1.89 bits per heavy atom. The van der Waals surface area contributed by atoms with Gasteiger partial charge in [0.25, 0.3) is 5.91 Å². The summed E-state index contributed by atoms with van der Waals surface area (Å²) in [6.45, 7) is 2.20. The van der Waals surface area contributed by atoms with Gasteiger partial charge in [-0.05, 0) is 36.8 Å². The molecule has 0 radical (unpaired) electrons. The van der Waals surface area contributed by atoms with Gasteiger partial charge in [0.1, 0.15) is 17.2 Å². The van der Waals surface area contributed by atoms with Crippen molar-refractivity contribution in [2.45, 2.75) is 13.5 Å². The van der Waals surface area contributed by atoms with Crippen molar-refractivity contribution in [3.8, 4) is 11.3 Å². The standard InChI is InChI=1S/C22H17BrN2O3/c1-14-4-2-5-15(10-14)13-25-21(26)19(24-22(25)27)12-18-8-9-20(28-18)16-6-3-7-17(23)11-16/h2-12H,13H2,1H3,(H,24,27)/b19-12+. The molecule has 4 rings (SSSR count). The van der Waals surface area contributed by atoms with Crippen molar-refractivity contribution in [2.75, 3.05) is 0 Å². The van der Waals surface area contributed by atoms with Crippen LogP contribution in [0.25, 0.3) is 17.4 Å². The average Bonchev–Trinajstić information content (AvgIpc) is 3.23. The molecule has 1 saturated heterocycles. The molecule has 3 aromatic rings. The number of carbonyl (C=O) groups excluding carboxylic acids is 2. The van der Waals surface area contributed by atoms with Crippen LogP contribution in [0.15, 0.2) is 75.3 Å². The molecule has 0 spiro atoms. The van der Waals surface area contributed by atoms with Gasteiger partial charge in [0, 0.05) is 16.1 Å². The zero-order valence-electron chi connectivity index (χ0n) is 15.1. The quantitative estimate of drug-likeness (QED) is 0.456. The van der Waals surface area contributed by atoms with E-state index >= 15 is 0 Å². The van der Waals surface area contributed by atoms with Gasteiger partial charge in [0.05, 0.1) is 6.54 Å². The van der Waals surface area contributed by atoms with E-state index in [-0.39, 0.29) is 18.1 Å². The van der Waals surface area contributed by atoms with Crippen molar-refractivity contribution < 1.29 is 14.0 Å². The second-order valence-electron chi connectivity index (χ2n) is 6.58. The number of furan rings is 1. The number of aryl methyl sites for hydroxylation is 1. The Kier molecular flexibility index (Phi) is 4.88. The molecular weight excluding hydrogens is 420 g/mol. The number of imide groups is 1. The minimum absolute atomic E-state index is 0.202. The second kappa shape index (κ2) is 7.48. The van der Waals surface area contributed by atoms with E-state index in [0.29, 0.717) is 11.5 Å². The molecule has 0 saturated carbocycles. The van der Waals surface area contributed by atoms with Crippen molar-refractivity contribution in [3.05, 3.63) is 87.7 Å². The van der Waals surface area contributed by atoms with Gasteiger partial charge in [0.2, 0.25) is 0 Å². The van der Waals surface area contributed by atoms with Gasteiger partial charge in [-0.3, -0.25) is 9.69 Å². The molecule has 0 unspecified atom stereocenters. The van der Waals surface area contributed by atoms with Crippen LogP contribution < -0.4 is 5.32 Å². The molecule has 1 aromatic heterocycles. The first-order chi connectivity index (χ1) is 13.5. The van der Waals surface area contributed by atoms with Gasteiger partial charge in [-0.25, -0.2) is 4.79 Å². The van der Waals surface area contributed by atoms with Crippen molar-refractivity contribution in [3.63, 3.8) is 0 Å². The molecule has 140 valence electrons. The van der Waals surface area contributed by atoms with Crippen LogP contribution in [-0.2, 0) is 11.3 Å². The average molecular weight is 437 g/mol. The van der Waals surface area contributed by atoms with E-state index in [1.165, 1.54) is 4.90 Å². The summed E-state index contributed by atoms with van der Waals surface area (Å²) in [4.78, 5) is 26.1. The fourth-order valence-corrected chi connectivity index (χ4v) is 3.48. The Hall–Kier alpha value is -3.12. The van der Waals surface area contributed by atoms with Gasteiger partial charge < -0.3 is 9.73 Å². The van der Waals surface area contributed by atoms with Crippen LogP contribution in [0.4, 0.5) is 4.79 Å². The number of urea groups is 1. The summed E-state index contributed by atoms with van der Waals surface area (Å²) in [6, 6.07) is 18.6. The highest BCUT2D eigenvalue weighted by atomic mass is 79.9. The SMILES string of the molecule is Cc1cccc(CN2C(=O)N/C(=C/c3ccc(-c4cccc(Br)c4)o3)C2=O)c1. The maximum absolute atomic E-state index is 12.7. The highest BCUT2D eigenvalue weighted by Gasteiger charge is 2.33. The van der Waals surface area contributed by atoms with Crippen LogP contribution in [0, 0.1) is 6.92 Å². The summed E-state index contributed by atoms with van der Waals surface area (Å²) >= 11 is 3.44. The van der Waals surface area contributed by atoms with E-state index in [0.717, 1.165) is 21.2 Å². The fourth-order valence-electron chi connectivity index (χ4n) is 3.08. The Morgan fingerprint density at radius 1 is 1.07 bits per heavy atom. The summed E-state index contributed by atoms with van der Waals surface area (Å²) < 4.78 is 6.77. The number of hydrogen-bond donors (Lipinski definition) is 1. The number of rotatable bonds is 4. The van der Waals surface area contributed by atoms with E-state index in [9.17, 15) is 9.59 Å². The van der Waals surface area contributed by atoms with E-state index in [1.807, 2.05) is 61.5 Å². The summed E-state index contributed by atoms with van der Waals surface area (Å²) in [7, 11) is 0. The largest absolute Gasteiger partial charge is 0.457 e. The van der Waals surface area contributed by atoms with Crippen LogP contribution in [0.3, 0.4) is 0 Å². The molecule has 2 heterocycles. The molecule has 28 heavy (non-hydrogen) atoms. The Labute approximate surface area is 170 Å². The number of carbonyl (C=O) groups is 2. The lowest BCUT2D eigenvalue weighted by Gasteiger charge is -2.12. The number of benzene rings is 2. The first-order valence-corrected chi connectivity index (χ1v) is 9.55. The normalized spacial score (nSPS) is 15.4. The molecule has 0 bridgehead atoms. The topological polar surface area (TPSA) is 62.6 Å². The third-order valence-electron chi connectivity index (χ3n) is 4.41. The monoisotopic (exact) mass is 436 g/mol. The Morgan fingerprint density at radius 3 is 2.68 bits per heavy atom. The van der Waals surface area contributed by atoms with Crippen molar-refractivity contribution >= 4 is 33.9 Å². The van der Waals surface area contributed by atoms with E-state index < -0.39 is 6.03 Å². The lowest BCUT2D eigenvalue weighted by molar-refractivity contribution is -0.123. The Bertz CT molecular complexity index is 1100. The molecule has 1 aliphatic rings. The van der Waals surface area contributed by atoms with Crippen LogP contribution >= 0.6 is 15.9 Å². The molecule has 3 amide bonds. The molecule has 1 aliphatic heterocycles. The van der Waals surface area contributed by atoms with E-state index in [2.05, 4.69) is 21.2 Å². The minimum Gasteiger partial charge on any atom is -0.457 e. The molecule has 2 aromatic carbocycles. The molecule has 0 aliphatic carbocycles. The fraction of sp³-hybridized carbons (Fsp3) is 0.0909. The first-order valence-electron chi connectivity index (χ1n) is 8.75. The van der Waals surface area contributed by atoms with Crippen molar-refractivity contribution in [2.24, 2.45) is 0 Å². The number of amides is 3. The summed E-state index contributed by atoms with van der Waals surface area (Å²) in [6.07, 6.45) is 1.55. The van der Waals surface area contributed by atoms with Crippen molar-refractivity contribution in [1.82, 2.24) is 10.2 Å². The zero-order valence-corrected chi connectivity index (χ0v) is 16.7. The number of nitrogens with one attached hydrogen (secondary N) is 1. The van der Waals surface area contributed by atoms with Crippen LogP contribution in [-0.4, -0.2) is 16.8 Å². The third-order valence-corrected chi connectivity index (χ3v) is 4.90. The van der Waals surface area contributed by atoms with Crippen LogP contribution in [0.5, 0.6) is 0 Å². The van der Waals surface area contributed by atoms with Gasteiger partial charge in [-0.1, -0.05) is 57.9 Å². The smallest absolute Gasteiger partial charge is 0.329 e. The predicted octanol–water partition coefficient (Wildman–Crippen LogP) is 5.11. The molecule has 1 N–H and O–H groups in total. The third kappa shape index (κ3) is 3.77. The maximum atomic E-state index is 12.7. The van der Waals surface area contributed by atoms with Gasteiger partial charge in [-0.15, -0.1) is 0 Å². The molecule has 0 atom stereocenters. The van der Waals surface area contributed by atoms with Crippen molar-refractivity contribution in [1.29, 1.82) is 0 Å². The first kappa shape index (κ1) is 18.3. The van der Waals surface area contributed by atoms with Gasteiger partial charge in [-0.2, -0.15) is 0 Å². The summed E-state index contributed by atoms with van der Waals surface area (Å²) in [5, 5.41) is 2.63. The minimum atomic E-state index is -0.434. The predicted molar refractivity (Wildman–Crippen MR) is 110 cm³/mol. The molecular formula is C22H17BrN2O3. The van der Waals surface area contributed by atoms with Crippen LogP contribution in [0.2, 0.25) is 0 Å². The van der Waals surface area contributed by atoms with Gasteiger partial charge >= 0.3 is 6.03 Å². The summed E-state index contributed by atoms with van der Waals surface area (Å²) in [5.41, 5.74) is 3.10. The highest BCUT2D eigenvalue weighted by molar-refractivity contribution is 9.10. The molecule has 1 fully saturated rings. The lowest BCUT2D eigenvalue weighted by atomic mass is 10.1. The zero-order chi connectivity index (χ0) is 19.7. The second-order valence-corrected chi connectivity index (χ2v) is 7.50. The number of nitrogens with zero attached hydrogens (tertiary/aromatic N) is 1. The number of hydrogen-bond acceptors (Lipinski definition) is 3. The van der Waals surface area contributed by atoms with E-state index in [4.69, 9.17) is 4.42 Å². The maximum Gasteiger partial charge on any atom is 0.329 e. The Balaban J connectivity index is 1.54. The lowest BCUT2D eigenvalue weighted by Crippen LogP contribution is -2.30. The van der Waals surface area contributed by atoms with Crippen LogP contribution in [0.1, 0.15) is 16.9 Å². The molecule has 5 nitrogen and oxygen atoms in total. The molecule has 6 heteroatoms. The number of halogens is 1. The summed E-state index contributed by atoms with van der Waals surface area (Å²) in [5.74, 6) is 0.810. The van der Waals surface area contributed by atoms with Gasteiger partial charge in [0.15, 0.2) is 0 Å².